The number of halogens is 1. The number of thiazole rings is 1. The molecule has 0 unspecified atom stereocenters. The Balaban J connectivity index is 1.48. The summed E-state index contributed by atoms with van der Waals surface area (Å²) in [5.41, 5.74) is 1.61. The summed E-state index contributed by atoms with van der Waals surface area (Å²) < 4.78 is 40.7. The van der Waals surface area contributed by atoms with Crippen LogP contribution in [0.5, 0.6) is 0 Å². The number of piperazine rings is 1. The van der Waals surface area contributed by atoms with E-state index in [0.717, 1.165) is 16.6 Å². The first-order chi connectivity index (χ1) is 14.4. The van der Waals surface area contributed by atoms with Crippen molar-refractivity contribution in [1.29, 1.82) is 0 Å². The van der Waals surface area contributed by atoms with Crippen molar-refractivity contribution in [1.82, 2.24) is 14.2 Å². The predicted molar refractivity (Wildman–Crippen MR) is 113 cm³/mol. The maximum atomic E-state index is 14.0. The van der Waals surface area contributed by atoms with Crippen LogP contribution in [0.3, 0.4) is 0 Å². The highest BCUT2D eigenvalue weighted by Crippen LogP contribution is 2.29. The van der Waals surface area contributed by atoms with Crippen molar-refractivity contribution in [3.63, 3.8) is 0 Å². The summed E-state index contributed by atoms with van der Waals surface area (Å²) in [5, 5.41) is 0.775. The molecule has 6 nitrogen and oxygen atoms in total. The Kier molecular flexibility index (Phi) is 5.68. The fourth-order valence-corrected chi connectivity index (χ4v) is 5.89. The minimum Gasteiger partial charge on any atom is -0.335 e. The standard InChI is InChI=1S/C21H20FN3O3S2/c1-15-19(29-20(23-15)16-7-3-2-4-8-16)21(26)24-11-13-25(14-12-24)30(27,28)18-10-6-5-9-17(18)22/h2-10H,11-14H2,1H3. The second-order valence-corrected chi connectivity index (χ2v) is 9.83. The predicted octanol–water partition coefficient (Wildman–Crippen LogP) is 3.40. The van der Waals surface area contributed by atoms with Crippen molar-refractivity contribution in [2.75, 3.05) is 26.2 Å². The zero-order valence-corrected chi connectivity index (χ0v) is 17.9. The second kappa shape index (κ2) is 8.25. The molecule has 30 heavy (non-hydrogen) atoms. The Morgan fingerprint density at radius 1 is 1.00 bits per heavy atom. The van der Waals surface area contributed by atoms with E-state index >= 15 is 0 Å². The third-order valence-electron chi connectivity index (χ3n) is 4.99. The Hall–Kier alpha value is -2.62. The second-order valence-electron chi connectivity index (χ2n) is 6.93. The SMILES string of the molecule is Cc1nc(-c2ccccc2)sc1C(=O)N1CCN(S(=O)(=O)c2ccccc2F)CC1. The minimum absolute atomic E-state index is 0.117. The summed E-state index contributed by atoms with van der Waals surface area (Å²) in [6, 6.07) is 15.0. The van der Waals surface area contributed by atoms with E-state index in [1.54, 1.807) is 11.8 Å². The van der Waals surface area contributed by atoms with Gasteiger partial charge in [-0.1, -0.05) is 42.5 Å². The molecule has 1 saturated heterocycles. The van der Waals surface area contributed by atoms with Gasteiger partial charge in [-0.2, -0.15) is 4.31 Å². The molecular weight excluding hydrogens is 425 g/mol. The van der Waals surface area contributed by atoms with Crippen molar-refractivity contribution in [3.8, 4) is 10.6 Å². The van der Waals surface area contributed by atoms with E-state index in [1.165, 1.54) is 33.8 Å². The van der Waals surface area contributed by atoms with Gasteiger partial charge >= 0.3 is 0 Å². The number of hydrogen-bond acceptors (Lipinski definition) is 5. The highest BCUT2D eigenvalue weighted by atomic mass is 32.2. The van der Waals surface area contributed by atoms with Crippen LogP contribution >= 0.6 is 11.3 Å². The lowest BCUT2D eigenvalue weighted by Gasteiger charge is -2.33. The number of benzene rings is 2. The molecule has 3 aromatic rings. The molecule has 0 N–H and O–H groups in total. The molecule has 1 aliphatic heterocycles. The van der Waals surface area contributed by atoms with Gasteiger partial charge in [0.05, 0.1) is 5.69 Å². The van der Waals surface area contributed by atoms with Crippen LogP contribution < -0.4 is 0 Å². The minimum atomic E-state index is -3.94. The molecule has 9 heteroatoms. The van der Waals surface area contributed by atoms with Crippen LogP contribution in [0, 0.1) is 12.7 Å². The van der Waals surface area contributed by atoms with Gasteiger partial charge in [0.2, 0.25) is 10.0 Å². The van der Waals surface area contributed by atoms with E-state index in [2.05, 4.69) is 4.98 Å². The van der Waals surface area contributed by atoms with Crippen LogP contribution in [0.15, 0.2) is 59.5 Å². The van der Waals surface area contributed by atoms with Crippen molar-refractivity contribution < 1.29 is 17.6 Å². The molecule has 1 fully saturated rings. The van der Waals surface area contributed by atoms with E-state index in [4.69, 9.17) is 0 Å². The van der Waals surface area contributed by atoms with Gasteiger partial charge in [0.15, 0.2) is 0 Å². The molecule has 1 aromatic heterocycles. The lowest BCUT2D eigenvalue weighted by Crippen LogP contribution is -2.50. The molecular formula is C21H20FN3O3S2. The normalized spacial score (nSPS) is 15.3. The largest absolute Gasteiger partial charge is 0.335 e. The Morgan fingerprint density at radius 2 is 1.63 bits per heavy atom. The van der Waals surface area contributed by atoms with Crippen LogP contribution in [0.1, 0.15) is 15.4 Å². The average Bonchev–Trinajstić information content (AvgIpc) is 3.16. The van der Waals surface area contributed by atoms with Gasteiger partial charge in [-0.3, -0.25) is 4.79 Å². The number of hydrogen-bond donors (Lipinski definition) is 0. The number of sulfonamides is 1. The fraction of sp³-hybridized carbons (Fsp3) is 0.238. The Morgan fingerprint density at radius 3 is 2.30 bits per heavy atom. The van der Waals surface area contributed by atoms with Crippen LogP contribution in [0.2, 0.25) is 0 Å². The topological polar surface area (TPSA) is 70.6 Å². The highest BCUT2D eigenvalue weighted by molar-refractivity contribution is 7.89. The van der Waals surface area contributed by atoms with Crippen LogP contribution in [0.4, 0.5) is 4.39 Å². The van der Waals surface area contributed by atoms with Gasteiger partial charge in [0.25, 0.3) is 5.91 Å². The van der Waals surface area contributed by atoms with Crippen LogP contribution in [-0.4, -0.2) is 54.7 Å². The van der Waals surface area contributed by atoms with Gasteiger partial charge in [0.1, 0.15) is 20.6 Å². The fourth-order valence-electron chi connectivity index (χ4n) is 3.37. The first-order valence-electron chi connectivity index (χ1n) is 9.45. The van der Waals surface area contributed by atoms with Gasteiger partial charge in [-0.25, -0.2) is 17.8 Å². The number of rotatable bonds is 4. The summed E-state index contributed by atoms with van der Waals surface area (Å²) in [5.74, 6) is -0.931. The van der Waals surface area contributed by atoms with E-state index < -0.39 is 15.8 Å². The molecule has 2 aromatic carbocycles. The molecule has 0 atom stereocenters. The lowest BCUT2D eigenvalue weighted by molar-refractivity contribution is 0.0701. The summed E-state index contributed by atoms with van der Waals surface area (Å²) in [6.45, 7) is 2.52. The Bertz CT molecular complexity index is 1170. The molecule has 2 heterocycles. The third kappa shape index (κ3) is 3.88. The lowest BCUT2D eigenvalue weighted by atomic mass is 10.2. The zero-order chi connectivity index (χ0) is 21.3. The molecule has 1 aliphatic rings. The van der Waals surface area contributed by atoms with Gasteiger partial charge in [0, 0.05) is 31.7 Å². The third-order valence-corrected chi connectivity index (χ3v) is 8.12. The first-order valence-corrected chi connectivity index (χ1v) is 11.7. The molecule has 0 radical (unpaired) electrons. The number of amides is 1. The summed E-state index contributed by atoms with van der Waals surface area (Å²) in [6.07, 6.45) is 0. The first kappa shape index (κ1) is 20.6. The van der Waals surface area contributed by atoms with E-state index in [-0.39, 0.29) is 37.0 Å². The smallest absolute Gasteiger partial charge is 0.265 e. The summed E-state index contributed by atoms with van der Waals surface area (Å²) in [4.78, 5) is 19.4. The molecule has 0 saturated carbocycles. The monoisotopic (exact) mass is 445 g/mol. The number of aryl methyl sites for hydroxylation is 1. The molecule has 156 valence electrons. The molecule has 4 rings (SSSR count). The molecule has 0 spiro atoms. The summed E-state index contributed by atoms with van der Waals surface area (Å²) >= 11 is 1.34. The summed E-state index contributed by atoms with van der Waals surface area (Å²) in [7, 11) is -3.94. The molecule has 0 bridgehead atoms. The van der Waals surface area contributed by atoms with Crippen molar-refractivity contribution in [3.05, 3.63) is 71.0 Å². The molecule has 1 amide bonds. The van der Waals surface area contributed by atoms with Crippen molar-refractivity contribution >= 4 is 27.3 Å². The van der Waals surface area contributed by atoms with Gasteiger partial charge < -0.3 is 4.90 Å². The molecule has 0 aliphatic carbocycles. The van der Waals surface area contributed by atoms with Gasteiger partial charge in [-0.05, 0) is 19.1 Å². The number of carbonyl (C=O) groups is 1. The van der Waals surface area contributed by atoms with Crippen molar-refractivity contribution in [2.24, 2.45) is 0 Å². The van der Waals surface area contributed by atoms with Crippen LogP contribution in [0.25, 0.3) is 10.6 Å². The average molecular weight is 446 g/mol. The van der Waals surface area contributed by atoms with Crippen LogP contribution in [-0.2, 0) is 10.0 Å². The van der Waals surface area contributed by atoms with Crippen molar-refractivity contribution in [2.45, 2.75) is 11.8 Å². The maximum absolute atomic E-state index is 14.0. The van der Waals surface area contributed by atoms with E-state index in [1.807, 2.05) is 30.3 Å². The number of aromatic nitrogens is 1. The Labute approximate surface area is 178 Å². The highest BCUT2D eigenvalue weighted by Gasteiger charge is 2.33. The maximum Gasteiger partial charge on any atom is 0.265 e. The van der Waals surface area contributed by atoms with E-state index in [0.29, 0.717) is 10.6 Å². The van der Waals surface area contributed by atoms with E-state index in [9.17, 15) is 17.6 Å². The number of carbonyl (C=O) groups excluding carboxylic acids is 1. The quantitative estimate of drug-likeness (QED) is 0.617. The van der Waals surface area contributed by atoms with Gasteiger partial charge in [-0.15, -0.1) is 11.3 Å². The zero-order valence-electron chi connectivity index (χ0n) is 16.3. The number of nitrogens with zero attached hydrogens (tertiary/aromatic N) is 3.